The minimum absolute atomic E-state index is 0.0598. The maximum Gasteiger partial charge on any atom is 0.330 e. The van der Waals surface area contributed by atoms with Crippen molar-refractivity contribution in [3.05, 3.63) is 48.0 Å². The number of nitrogens with zero attached hydrogens (tertiary/aromatic N) is 3. The van der Waals surface area contributed by atoms with Gasteiger partial charge in [-0.15, -0.1) is 0 Å². The van der Waals surface area contributed by atoms with E-state index in [9.17, 15) is 29.1 Å². The number of carboxylic acids is 1. The van der Waals surface area contributed by atoms with Crippen LogP contribution in [0.25, 0.3) is 0 Å². The number of ether oxygens (including phenoxy) is 1. The predicted octanol–water partition coefficient (Wildman–Crippen LogP) is 4.18. The van der Waals surface area contributed by atoms with E-state index in [4.69, 9.17) is 4.74 Å². The van der Waals surface area contributed by atoms with Crippen molar-refractivity contribution in [1.29, 1.82) is 0 Å². The number of nitrogens with one attached hydrogen (secondary N) is 1. The van der Waals surface area contributed by atoms with Crippen LogP contribution in [0.3, 0.4) is 0 Å². The molecule has 2 N–H and O–H groups in total. The first kappa shape index (κ1) is 34.0. The number of rotatable bonds is 4. The first-order chi connectivity index (χ1) is 22.9. The lowest BCUT2D eigenvalue weighted by molar-refractivity contribution is -0.159. The van der Waals surface area contributed by atoms with Gasteiger partial charge in [-0.05, 0) is 58.4 Å². The van der Waals surface area contributed by atoms with Gasteiger partial charge in [-0.1, -0.05) is 55.3 Å². The summed E-state index contributed by atoms with van der Waals surface area (Å²) in [6.45, 7) is 7.64. The third kappa shape index (κ3) is 7.10. The molecule has 260 valence electrons. The van der Waals surface area contributed by atoms with Gasteiger partial charge in [0.25, 0.3) is 0 Å². The second-order valence-corrected chi connectivity index (χ2v) is 15.5. The van der Waals surface area contributed by atoms with E-state index < -0.39 is 40.9 Å². The van der Waals surface area contributed by atoms with Crippen molar-refractivity contribution < 1.29 is 33.8 Å². The molecule has 0 aromatic heterocycles. The van der Waals surface area contributed by atoms with Gasteiger partial charge < -0.3 is 29.9 Å². The van der Waals surface area contributed by atoms with Gasteiger partial charge in [0.15, 0.2) is 0 Å². The molecule has 4 fully saturated rings. The number of urea groups is 1. The summed E-state index contributed by atoms with van der Waals surface area (Å²) in [6, 6.07) is 9.20. The molecule has 0 radical (unpaired) electrons. The molecule has 11 heteroatoms. The highest BCUT2D eigenvalue weighted by Crippen LogP contribution is 2.46. The summed E-state index contributed by atoms with van der Waals surface area (Å²) in [6.07, 6.45) is 8.74. The standard InChI is InChI=1S/C37H50N4O7/c1-36(2,3)48-30(42)18-25-14-8-5-4-6-11-15-28-19-37(28,34(45)46)38-32(43)31-29-23-40(21-27(29)22-41(31)33(25)44)35(47)39-17-16-26(20-39)24-12-9-7-10-13-24/h7,9-13,15,25-29,31H,4-6,8,14,16-23H2,1-3H3,(H,38,43)(H,45,46)/b15-11-/t25-,26-,27-,28+,29-,31-,37+/m0/s1. The van der Waals surface area contributed by atoms with Gasteiger partial charge in [0.1, 0.15) is 17.2 Å². The van der Waals surface area contributed by atoms with E-state index in [-0.39, 0.29) is 48.6 Å². The topological polar surface area (TPSA) is 137 Å². The molecule has 0 bridgehead atoms. The van der Waals surface area contributed by atoms with Crippen molar-refractivity contribution in [2.75, 3.05) is 32.7 Å². The first-order valence-electron chi connectivity index (χ1n) is 17.7. The monoisotopic (exact) mass is 662 g/mol. The summed E-state index contributed by atoms with van der Waals surface area (Å²) in [7, 11) is 0. The maximum absolute atomic E-state index is 14.4. The fourth-order valence-electron chi connectivity index (χ4n) is 8.37. The van der Waals surface area contributed by atoms with Gasteiger partial charge in [0.2, 0.25) is 11.8 Å². The Labute approximate surface area is 283 Å². The molecule has 4 heterocycles. The molecule has 4 aliphatic heterocycles. The number of fused-ring (bicyclic) bond motifs is 4. The van der Waals surface area contributed by atoms with Gasteiger partial charge in [-0.3, -0.25) is 14.4 Å². The lowest BCUT2D eigenvalue weighted by Gasteiger charge is -2.33. The molecule has 1 saturated carbocycles. The molecule has 3 saturated heterocycles. The Morgan fingerprint density at radius 3 is 2.48 bits per heavy atom. The number of allylic oxidation sites excluding steroid dienone is 1. The molecule has 7 atom stereocenters. The molecule has 1 aliphatic carbocycles. The zero-order valence-corrected chi connectivity index (χ0v) is 28.4. The van der Waals surface area contributed by atoms with Gasteiger partial charge in [-0.25, -0.2) is 9.59 Å². The van der Waals surface area contributed by atoms with Gasteiger partial charge in [-0.2, -0.15) is 0 Å². The number of benzene rings is 1. The summed E-state index contributed by atoms with van der Waals surface area (Å²) in [5.74, 6) is -3.51. The van der Waals surface area contributed by atoms with Crippen LogP contribution in [-0.2, 0) is 23.9 Å². The van der Waals surface area contributed by atoms with Crippen LogP contribution in [0, 0.1) is 23.7 Å². The second kappa shape index (κ2) is 13.6. The summed E-state index contributed by atoms with van der Waals surface area (Å²) >= 11 is 0. The molecule has 0 spiro atoms. The largest absolute Gasteiger partial charge is 0.479 e. The quantitative estimate of drug-likeness (QED) is 0.365. The average Bonchev–Trinajstić information content (AvgIpc) is 3.37. The van der Waals surface area contributed by atoms with E-state index in [1.807, 2.05) is 35.3 Å². The fraction of sp³-hybridized carbons (Fsp3) is 0.649. The third-order valence-electron chi connectivity index (χ3n) is 10.9. The number of amides is 4. The molecular weight excluding hydrogens is 612 g/mol. The minimum atomic E-state index is -1.41. The summed E-state index contributed by atoms with van der Waals surface area (Å²) in [4.78, 5) is 73.1. The van der Waals surface area contributed by atoms with Crippen LogP contribution >= 0.6 is 0 Å². The normalized spacial score (nSPS) is 33.1. The molecule has 6 rings (SSSR count). The fourth-order valence-corrected chi connectivity index (χ4v) is 8.37. The molecule has 0 unspecified atom stereocenters. The molecule has 5 aliphatic rings. The zero-order valence-electron chi connectivity index (χ0n) is 28.4. The molecule has 48 heavy (non-hydrogen) atoms. The van der Waals surface area contributed by atoms with Crippen molar-refractivity contribution in [3.63, 3.8) is 0 Å². The van der Waals surface area contributed by atoms with Crippen LogP contribution < -0.4 is 5.32 Å². The highest BCUT2D eigenvalue weighted by atomic mass is 16.6. The van der Waals surface area contributed by atoms with E-state index in [0.717, 1.165) is 32.1 Å². The summed E-state index contributed by atoms with van der Waals surface area (Å²) in [5.41, 5.74) is -0.890. The first-order valence-corrected chi connectivity index (χ1v) is 17.7. The van der Waals surface area contributed by atoms with E-state index in [1.54, 1.807) is 30.6 Å². The van der Waals surface area contributed by atoms with Crippen LogP contribution in [0.1, 0.15) is 83.6 Å². The lowest BCUT2D eigenvalue weighted by Crippen LogP contribution is -2.56. The number of hydrogen-bond donors (Lipinski definition) is 2. The number of likely N-dealkylation sites (tertiary alicyclic amines) is 2. The Morgan fingerprint density at radius 2 is 1.75 bits per heavy atom. The molecule has 11 nitrogen and oxygen atoms in total. The zero-order chi connectivity index (χ0) is 34.2. The molecule has 4 amide bonds. The third-order valence-corrected chi connectivity index (χ3v) is 10.9. The molecule has 1 aromatic rings. The van der Waals surface area contributed by atoms with Crippen molar-refractivity contribution in [3.8, 4) is 0 Å². The number of carbonyl (C=O) groups excluding carboxylic acids is 4. The van der Waals surface area contributed by atoms with E-state index in [2.05, 4.69) is 17.4 Å². The highest BCUT2D eigenvalue weighted by Gasteiger charge is 2.62. The van der Waals surface area contributed by atoms with Crippen molar-refractivity contribution in [2.24, 2.45) is 23.7 Å². The minimum Gasteiger partial charge on any atom is -0.479 e. The highest BCUT2D eigenvalue weighted by molar-refractivity contribution is 5.96. The number of carbonyl (C=O) groups is 5. The van der Waals surface area contributed by atoms with E-state index in [1.165, 1.54) is 5.56 Å². The summed E-state index contributed by atoms with van der Waals surface area (Å²) < 4.78 is 5.59. The number of hydrogen-bond acceptors (Lipinski definition) is 6. The van der Waals surface area contributed by atoms with Crippen LogP contribution in [0.2, 0.25) is 0 Å². The van der Waals surface area contributed by atoms with Crippen molar-refractivity contribution in [1.82, 2.24) is 20.0 Å². The van der Waals surface area contributed by atoms with Gasteiger partial charge in [0.05, 0.1) is 6.42 Å². The Hall–Kier alpha value is -3.89. The Kier molecular flexibility index (Phi) is 9.60. The second-order valence-electron chi connectivity index (χ2n) is 15.5. The molecular formula is C37H50N4O7. The number of aliphatic carboxylic acids is 1. The van der Waals surface area contributed by atoms with E-state index >= 15 is 0 Å². The van der Waals surface area contributed by atoms with Gasteiger partial charge >= 0.3 is 18.0 Å². The van der Waals surface area contributed by atoms with Crippen LogP contribution in [-0.4, -0.2) is 99.5 Å². The van der Waals surface area contributed by atoms with Gasteiger partial charge in [0, 0.05) is 62.3 Å². The Morgan fingerprint density at radius 1 is 0.979 bits per heavy atom. The average molecular weight is 663 g/mol. The number of esters is 1. The van der Waals surface area contributed by atoms with Crippen LogP contribution in [0.15, 0.2) is 42.5 Å². The van der Waals surface area contributed by atoms with Crippen LogP contribution in [0.4, 0.5) is 4.79 Å². The van der Waals surface area contributed by atoms with E-state index in [0.29, 0.717) is 39.0 Å². The lowest BCUT2D eigenvalue weighted by atomic mass is 9.92. The smallest absolute Gasteiger partial charge is 0.330 e. The Bertz CT molecular complexity index is 1440. The molecule has 1 aromatic carbocycles. The SMILES string of the molecule is CC(C)(C)OC(=O)C[C@@H]1CCCCC/C=C\[C@@H]2C[C@@]2(C(=O)O)NC(=O)[C@@H]2[C@H]3CN(C(=O)N4CC[C@H](c5ccccc5)C4)C[C@H]3CN2C1=O. The van der Waals surface area contributed by atoms with Crippen LogP contribution in [0.5, 0.6) is 0 Å². The summed E-state index contributed by atoms with van der Waals surface area (Å²) in [5, 5.41) is 13.1. The van der Waals surface area contributed by atoms with Crippen molar-refractivity contribution in [2.45, 2.75) is 95.2 Å². The van der Waals surface area contributed by atoms with Crippen molar-refractivity contribution >= 4 is 29.8 Å². The Balaban J connectivity index is 1.23. The maximum atomic E-state index is 14.4. The number of carboxylic acid groups (broad SMARTS) is 1. The predicted molar refractivity (Wildman–Crippen MR) is 178 cm³/mol.